The van der Waals surface area contributed by atoms with Gasteiger partial charge in [0.25, 0.3) is 5.91 Å². The number of aromatic amines is 1. The molecule has 10 nitrogen and oxygen atoms in total. The van der Waals surface area contributed by atoms with Crippen molar-refractivity contribution >= 4 is 29.3 Å². The Bertz CT molecular complexity index is 918. The standard InChI is InChI=1S/C18H23ClN6O4/c1-4-10-15(19)24-16(22-10)17(26)23-11-5-6-25(8-13(11)29-3)14-7-12(18(27)28)20-9(2)21-14/h7,11,13H,4-6,8H2,1-3H3,(H,22,24)(H,23,26)(H,27,28)/t11?,13-/m0/s1. The fourth-order valence-electron chi connectivity index (χ4n) is 3.32. The van der Waals surface area contributed by atoms with E-state index in [0.717, 1.165) is 0 Å². The number of amides is 1. The second kappa shape index (κ2) is 8.75. The number of aryl methyl sites for hydroxylation is 2. The summed E-state index contributed by atoms with van der Waals surface area (Å²) in [6, 6.07) is 1.21. The molecule has 1 saturated heterocycles. The van der Waals surface area contributed by atoms with Crippen molar-refractivity contribution in [3.05, 3.63) is 34.3 Å². The molecular weight excluding hydrogens is 400 g/mol. The minimum Gasteiger partial charge on any atom is -0.477 e. The predicted octanol–water partition coefficient (Wildman–Crippen LogP) is 1.45. The molecule has 0 radical (unpaired) electrons. The van der Waals surface area contributed by atoms with Crippen LogP contribution in [0.4, 0.5) is 5.82 Å². The van der Waals surface area contributed by atoms with Crippen LogP contribution in [0.25, 0.3) is 0 Å². The molecule has 3 heterocycles. The highest BCUT2D eigenvalue weighted by Crippen LogP contribution is 2.21. The van der Waals surface area contributed by atoms with E-state index in [0.29, 0.717) is 48.4 Å². The summed E-state index contributed by atoms with van der Waals surface area (Å²) < 4.78 is 5.58. The summed E-state index contributed by atoms with van der Waals surface area (Å²) in [7, 11) is 1.57. The van der Waals surface area contributed by atoms with E-state index in [1.807, 2.05) is 11.8 Å². The minimum atomic E-state index is -1.11. The lowest BCUT2D eigenvalue weighted by Gasteiger charge is -2.38. The number of ether oxygens (including phenoxy) is 1. The van der Waals surface area contributed by atoms with Gasteiger partial charge in [-0.15, -0.1) is 0 Å². The van der Waals surface area contributed by atoms with Crippen molar-refractivity contribution in [2.75, 3.05) is 25.1 Å². The van der Waals surface area contributed by atoms with Crippen LogP contribution in [0.15, 0.2) is 6.07 Å². The van der Waals surface area contributed by atoms with Crippen molar-refractivity contribution in [1.82, 2.24) is 25.3 Å². The lowest BCUT2D eigenvalue weighted by atomic mass is 10.0. The van der Waals surface area contributed by atoms with Crippen molar-refractivity contribution in [3.63, 3.8) is 0 Å². The van der Waals surface area contributed by atoms with Gasteiger partial charge in [0.2, 0.25) is 0 Å². The van der Waals surface area contributed by atoms with Crippen LogP contribution in [0.1, 0.15) is 46.0 Å². The van der Waals surface area contributed by atoms with Gasteiger partial charge in [-0.1, -0.05) is 18.5 Å². The van der Waals surface area contributed by atoms with Gasteiger partial charge in [-0.25, -0.2) is 19.7 Å². The second-order valence-corrected chi connectivity index (χ2v) is 7.12. The molecule has 2 atom stereocenters. The number of carboxylic acids is 1. The number of halogens is 1. The maximum atomic E-state index is 12.6. The zero-order valence-electron chi connectivity index (χ0n) is 16.4. The highest BCUT2D eigenvalue weighted by molar-refractivity contribution is 6.30. The van der Waals surface area contributed by atoms with Gasteiger partial charge in [-0.05, 0) is 19.8 Å². The summed E-state index contributed by atoms with van der Waals surface area (Å²) in [5.41, 5.74) is 0.654. The first-order valence-electron chi connectivity index (χ1n) is 9.24. The molecule has 0 spiro atoms. The summed E-state index contributed by atoms with van der Waals surface area (Å²) in [5, 5.41) is 12.5. The normalized spacial score (nSPS) is 19.2. The highest BCUT2D eigenvalue weighted by atomic mass is 35.5. The number of methoxy groups -OCH3 is 1. The number of rotatable bonds is 6. The highest BCUT2D eigenvalue weighted by Gasteiger charge is 2.32. The fraction of sp³-hybridized carbons (Fsp3) is 0.500. The van der Waals surface area contributed by atoms with Crippen LogP contribution in [0.2, 0.25) is 5.15 Å². The van der Waals surface area contributed by atoms with Crippen molar-refractivity contribution in [2.45, 2.75) is 38.8 Å². The Morgan fingerprint density at radius 2 is 2.17 bits per heavy atom. The van der Waals surface area contributed by atoms with Crippen molar-refractivity contribution in [2.24, 2.45) is 0 Å². The molecule has 3 N–H and O–H groups in total. The number of nitrogens with one attached hydrogen (secondary N) is 2. The maximum absolute atomic E-state index is 12.6. The predicted molar refractivity (Wildman–Crippen MR) is 106 cm³/mol. The summed E-state index contributed by atoms with van der Waals surface area (Å²) in [5.74, 6) is -0.386. The number of carbonyl (C=O) groups is 2. The summed E-state index contributed by atoms with van der Waals surface area (Å²) in [6.45, 7) is 4.58. The Balaban J connectivity index is 1.71. The Morgan fingerprint density at radius 1 is 1.41 bits per heavy atom. The molecule has 1 unspecified atom stereocenters. The van der Waals surface area contributed by atoms with Crippen LogP contribution in [-0.2, 0) is 11.2 Å². The Morgan fingerprint density at radius 3 is 2.79 bits per heavy atom. The molecule has 3 rings (SSSR count). The molecular formula is C18H23ClN6O4. The smallest absolute Gasteiger partial charge is 0.354 e. The molecule has 0 aromatic carbocycles. The van der Waals surface area contributed by atoms with Gasteiger partial charge in [0.15, 0.2) is 16.7 Å². The van der Waals surface area contributed by atoms with Crippen LogP contribution < -0.4 is 10.2 Å². The molecule has 1 aliphatic rings. The number of hydrogen-bond acceptors (Lipinski definition) is 7. The second-order valence-electron chi connectivity index (χ2n) is 6.76. The molecule has 2 aromatic rings. The number of hydrogen-bond donors (Lipinski definition) is 3. The Labute approximate surface area is 172 Å². The summed E-state index contributed by atoms with van der Waals surface area (Å²) >= 11 is 6.01. The quantitative estimate of drug-likeness (QED) is 0.636. The molecule has 1 amide bonds. The first-order chi connectivity index (χ1) is 13.8. The van der Waals surface area contributed by atoms with Gasteiger partial charge in [0.1, 0.15) is 11.6 Å². The Kier molecular flexibility index (Phi) is 6.33. The molecule has 156 valence electrons. The molecule has 1 aliphatic heterocycles. The molecule has 0 saturated carbocycles. The van der Waals surface area contributed by atoms with E-state index in [1.54, 1.807) is 14.0 Å². The van der Waals surface area contributed by atoms with E-state index in [9.17, 15) is 14.7 Å². The van der Waals surface area contributed by atoms with Crippen LogP contribution in [0.5, 0.6) is 0 Å². The van der Waals surface area contributed by atoms with Crippen LogP contribution in [-0.4, -0.2) is 69.3 Å². The van der Waals surface area contributed by atoms with Gasteiger partial charge < -0.3 is 25.0 Å². The maximum Gasteiger partial charge on any atom is 0.354 e. The average molecular weight is 423 g/mol. The third-order valence-electron chi connectivity index (χ3n) is 4.84. The van der Waals surface area contributed by atoms with E-state index >= 15 is 0 Å². The SMILES string of the molecule is CCc1[nH]c(C(=O)NC2CCN(c3cc(C(=O)O)nc(C)n3)C[C@@H]2OC)nc1Cl. The van der Waals surface area contributed by atoms with Gasteiger partial charge in [-0.2, -0.15) is 0 Å². The largest absolute Gasteiger partial charge is 0.477 e. The molecule has 29 heavy (non-hydrogen) atoms. The zero-order chi connectivity index (χ0) is 21.1. The van der Waals surface area contributed by atoms with Crippen molar-refractivity contribution in [1.29, 1.82) is 0 Å². The number of anilines is 1. The first kappa shape index (κ1) is 21.0. The first-order valence-corrected chi connectivity index (χ1v) is 9.62. The third-order valence-corrected chi connectivity index (χ3v) is 5.16. The zero-order valence-corrected chi connectivity index (χ0v) is 17.2. The van der Waals surface area contributed by atoms with E-state index in [1.165, 1.54) is 6.07 Å². The van der Waals surface area contributed by atoms with E-state index in [4.69, 9.17) is 16.3 Å². The van der Waals surface area contributed by atoms with Crippen LogP contribution >= 0.6 is 11.6 Å². The van der Waals surface area contributed by atoms with Crippen molar-refractivity contribution in [3.8, 4) is 0 Å². The molecule has 1 fully saturated rings. The molecule has 0 aliphatic carbocycles. The fourth-order valence-corrected chi connectivity index (χ4v) is 3.58. The van der Waals surface area contributed by atoms with Crippen LogP contribution in [0.3, 0.4) is 0 Å². The van der Waals surface area contributed by atoms with Gasteiger partial charge in [0.05, 0.1) is 17.8 Å². The topological polar surface area (TPSA) is 133 Å². The number of carboxylic acid groups (broad SMARTS) is 1. The van der Waals surface area contributed by atoms with Gasteiger partial charge in [-0.3, -0.25) is 4.79 Å². The third kappa shape index (κ3) is 4.65. The molecule has 0 bridgehead atoms. The molecule has 2 aromatic heterocycles. The summed E-state index contributed by atoms with van der Waals surface area (Å²) in [6.07, 6.45) is 0.923. The van der Waals surface area contributed by atoms with Crippen molar-refractivity contribution < 1.29 is 19.4 Å². The number of H-pyrrole nitrogens is 1. The number of aromatic carboxylic acids is 1. The summed E-state index contributed by atoms with van der Waals surface area (Å²) in [4.78, 5) is 41.0. The lowest BCUT2D eigenvalue weighted by molar-refractivity contribution is 0.0536. The van der Waals surface area contributed by atoms with E-state index in [-0.39, 0.29) is 29.6 Å². The van der Waals surface area contributed by atoms with E-state index < -0.39 is 5.97 Å². The lowest BCUT2D eigenvalue weighted by Crippen LogP contribution is -2.55. The van der Waals surface area contributed by atoms with Gasteiger partial charge >= 0.3 is 5.97 Å². The number of aromatic nitrogens is 4. The number of nitrogens with zero attached hydrogens (tertiary/aromatic N) is 4. The number of imidazole rings is 1. The minimum absolute atomic E-state index is 0.0571. The average Bonchev–Trinajstić information content (AvgIpc) is 3.08. The van der Waals surface area contributed by atoms with E-state index in [2.05, 4.69) is 25.3 Å². The number of carbonyl (C=O) groups excluding carboxylic acids is 1. The van der Waals surface area contributed by atoms with Crippen LogP contribution in [0, 0.1) is 6.92 Å². The molecule has 11 heteroatoms. The Hall–Kier alpha value is -2.72. The van der Waals surface area contributed by atoms with Gasteiger partial charge in [0, 0.05) is 26.3 Å². The number of piperidine rings is 1. The monoisotopic (exact) mass is 422 g/mol.